The summed E-state index contributed by atoms with van der Waals surface area (Å²) in [6.07, 6.45) is -2.77. The first-order valence-corrected chi connectivity index (χ1v) is 3.28. The Bertz CT molecular complexity index is 429. The zero-order valence-corrected chi connectivity index (χ0v) is 6.46. The smallest absolute Gasteiger partial charge is 0.332 e. The summed E-state index contributed by atoms with van der Waals surface area (Å²) in [5.41, 5.74) is -4.23. The van der Waals surface area contributed by atoms with Crippen LogP contribution in [0.3, 0.4) is 0 Å². The topological polar surface area (TPSA) is 76.0 Å². The van der Waals surface area contributed by atoms with Gasteiger partial charge >= 0.3 is 5.69 Å². The summed E-state index contributed by atoms with van der Waals surface area (Å²) in [7, 11) is 0. The molecular formula is C6H3F3N2O3. The molecule has 0 amide bonds. The SMILES string of the molecule is O=c1c(C(F)F)c[nH]c(F)c1[N+](=O)[O-]. The maximum absolute atomic E-state index is 12.6. The summed E-state index contributed by atoms with van der Waals surface area (Å²) in [5, 5.41) is 10.1. The van der Waals surface area contributed by atoms with Crippen LogP contribution in [0.15, 0.2) is 11.0 Å². The van der Waals surface area contributed by atoms with Crippen LogP contribution < -0.4 is 5.43 Å². The minimum Gasteiger partial charge on any atom is -0.332 e. The maximum atomic E-state index is 12.6. The lowest BCUT2D eigenvalue weighted by Crippen LogP contribution is -2.16. The lowest BCUT2D eigenvalue weighted by molar-refractivity contribution is -0.389. The predicted molar refractivity (Wildman–Crippen MR) is 38.6 cm³/mol. The van der Waals surface area contributed by atoms with E-state index in [4.69, 9.17) is 0 Å². The Kier molecular flexibility index (Phi) is 2.54. The summed E-state index contributed by atoms with van der Waals surface area (Å²) < 4.78 is 36.7. The number of halogens is 3. The Labute approximate surface area is 74.3 Å². The molecular weight excluding hydrogens is 205 g/mol. The summed E-state index contributed by atoms with van der Waals surface area (Å²) >= 11 is 0. The number of pyridine rings is 1. The Morgan fingerprint density at radius 2 is 2.07 bits per heavy atom. The van der Waals surface area contributed by atoms with Crippen molar-refractivity contribution in [3.63, 3.8) is 0 Å². The lowest BCUT2D eigenvalue weighted by Gasteiger charge is -1.98. The van der Waals surface area contributed by atoms with Gasteiger partial charge in [0.05, 0.1) is 10.5 Å². The van der Waals surface area contributed by atoms with Gasteiger partial charge in [-0.1, -0.05) is 0 Å². The third kappa shape index (κ3) is 1.58. The molecule has 1 aromatic rings. The van der Waals surface area contributed by atoms with Crippen molar-refractivity contribution >= 4 is 5.69 Å². The number of hydrogen-bond donors (Lipinski definition) is 1. The van der Waals surface area contributed by atoms with E-state index in [0.717, 1.165) is 0 Å². The van der Waals surface area contributed by atoms with E-state index in [1.807, 2.05) is 0 Å². The first-order chi connectivity index (χ1) is 6.45. The summed E-state index contributed by atoms with van der Waals surface area (Å²) in [4.78, 5) is 21.2. The van der Waals surface area contributed by atoms with Gasteiger partial charge in [0.15, 0.2) is 0 Å². The van der Waals surface area contributed by atoms with Gasteiger partial charge in [-0.15, -0.1) is 0 Å². The van der Waals surface area contributed by atoms with E-state index in [1.165, 1.54) is 0 Å². The molecule has 1 heterocycles. The Balaban J connectivity index is 3.50. The van der Waals surface area contributed by atoms with Gasteiger partial charge in [0.2, 0.25) is 0 Å². The highest BCUT2D eigenvalue weighted by Crippen LogP contribution is 2.17. The molecule has 8 heteroatoms. The molecule has 14 heavy (non-hydrogen) atoms. The second-order valence-electron chi connectivity index (χ2n) is 2.29. The number of alkyl halides is 2. The molecule has 1 aromatic heterocycles. The van der Waals surface area contributed by atoms with Crippen molar-refractivity contribution in [2.24, 2.45) is 0 Å². The zero-order valence-electron chi connectivity index (χ0n) is 6.46. The fraction of sp³-hybridized carbons (Fsp3) is 0.167. The lowest BCUT2D eigenvalue weighted by atomic mass is 10.2. The molecule has 0 atom stereocenters. The molecule has 76 valence electrons. The average molecular weight is 208 g/mol. The van der Waals surface area contributed by atoms with Crippen LogP contribution in [0.1, 0.15) is 12.0 Å². The molecule has 0 aliphatic carbocycles. The van der Waals surface area contributed by atoms with Crippen LogP contribution in [0.2, 0.25) is 0 Å². The first kappa shape index (κ1) is 10.2. The van der Waals surface area contributed by atoms with Gasteiger partial charge in [-0.05, 0) is 0 Å². The fourth-order valence-electron chi connectivity index (χ4n) is 0.837. The van der Waals surface area contributed by atoms with E-state index < -0.39 is 34.0 Å². The van der Waals surface area contributed by atoms with E-state index in [2.05, 4.69) is 0 Å². The standard InChI is InChI=1S/C6H3F3N2O3/c7-5(8)2-1-10-6(9)3(4(2)12)11(13)14/h1,5H,(H,10,12). The van der Waals surface area contributed by atoms with Crippen LogP contribution >= 0.6 is 0 Å². The highest BCUT2D eigenvalue weighted by Gasteiger charge is 2.25. The Morgan fingerprint density at radius 3 is 2.50 bits per heavy atom. The largest absolute Gasteiger partial charge is 0.369 e. The summed E-state index contributed by atoms with van der Waals surface area (Å²) in [6.45, 7) is 0. The molecule has 0 aromatic carbocycles. The van der Waals surface area contributed by atoms with Crippen molar-refractivity contribution in [1.82, 2.24) is 4.98 Å². The van der Waals surface area contributed by atoms with Crippen molar-refractivity contribution in [2.75, 3.05) is 0 Å². The van der Waals surface area contributed by atoms with E-state index in [-0.39, 0.29) is 0 Å². The Morgan fingerprint density at radius 1 is 1.50 bits per heavy atom. The molecule has 0 unspecified atom stereocenters. The van der Waals surface area contributed by atoms with Crippen molar-refractivity contribution in [3.05, 3.63) is 38.0 Å². The van der Waals surface area contributed by atoms with Gasteiger partial charge in [-0.2, -0.15) is 4.39 Å². The van der Waals surface area contributed by atoms with E-state index in [9.17, 15) is 28.1 Å². The fourth-order valence-corrected chi connectivity index (χ4v) is 0.837. The Hall–Kier alpha value is -1.86. The third-order valence-corrected chi connectivity index (χ3v) is 1.46. The monoisotopic (exact) mass is 208 g/mol. The average Bonchev–Trinajstić information content (AvgIpc) is 2.02. The van der Waals surface area contributed by atoms with Crippen LogP contribution in [0.25, 0.3) is 0 Å². The molecule has 1 rings (SSSR count). The molecule has 0 spiro atoms. The first-order valence-electron chi connectivity index (χ1n) is 3.28. The number of nitro groups is 1. The highest BCUT2D eigenvalue weighted by molar-refractivity contribution is 5.32. The van der Waals surface area contributed by atoms with Gasteiger partial charge in [-0.3, -0.25) is 14.9 Å². The minimum absolute atomic E-state index is 0.412. The molecule has 0 fully saturated rings. The van der Waals surface area contributed by atoms with Crippen molar-refractivity contribution in [2.45, 2.75) is 6.43 Å². The second kappa shape index (κ2) is 3.48. The molecule has 0 saturated heterocycles. The van der Waals surface area contributed by atoms with Gasteiger partial charge in [0.25, 0.3) is 17.8 Å². The maximum Gasteiger partial charge on any atom is 0.369 e. The number of H-pyrrole nitrogens is 1. The van der Waals surface area contributed by atoms with Crippen LogP contribution in [-0.4, -0.2) is 9.91 Å². The normalized spacial score (nSPS) is 10.6. The number of nitrogens with one attached hydrogen (secondary N) is 1. The minimum atomic E-state index is -3.18. The number of hydrogen-bond acceptors (Lipinski definition) is 3. The molecule has 1 N–H and O–H groups in total. The van der Waals surface area contributed by atoms with E-state index in [0.29, 0.717) is 6.20 Å². The summed E-state index contributed by atoms with van der Waals surface area (Å²) in [5.74, 6) is -1.54. The molecule has 0 aliphatic rings. The summed E-state index contributed by atoms with van der Waals surface area (Å²) in [6, 6.07) is 0. The van der Waals surface area contributed by atoms with Crippen molar-refractivity contribution in [3.8, 4) is 0 Å². The number of nitrogens with zero attached hydrogens (tertiary/aromatic N) is 1. The van der Waals surface area contributed by atoms with Gasteiger partial charge < -0.3 is 4.98 Å². The van der Waals surface area contributed by atoms with E-state index >= 15 is 0 Å². The quantitative estimate of drug-likeness (QED) is 0.452. The number of aromatic nitrogens is 1. The number of aromatic amines is 1. The van der Waals surface area contributed by atoms with Crippen LogP contribution in [0.5, 0.6) is 0 Å². The van der Waals surface area contributed by atoms with Crippen LogP contribution in [-0.2, 0) is 0 Å². The second-order valence-corrected chi connectivity index (χ2v) is 2.29. The predicted octanol–water partition coefficient (Wildman–Crippen LogP) is 1.36. The van der Waals surface area contributed by atoms with Crippen molar-refractivity contribution < 1.29 is 18.1 Å². The van der Waals surface area contributed by atoms with Gasteiger partial charge in [0, 0.05) is 6.20 Å². The molecule has 0 radical (unpaired) electrons. The molecule has 0 aliphatic heterocycles. The number of rotatable bonds is 2. The molecule has 5 nitrogen and oxygen atoms in total. The third-order valence-electron chi connectivity index (χ3n) is 1.46. The molecule has 0 saturated carbocycles. The van der Waals surface area contributed by atoms with Gasteiger partial charge in [0.1, 0.15) is 0 Å². The molecule has 0 bridgehead atoms. The highest BCUT2D eigenvalue weighted by atomic mass is 19.3. The zero-order chi connectivity index (χ0) is 10.9. The van der Waals surface area contributed by atoms with Gasteiger partial charge in [-0.25, -0.2) is 8.78 Å². The van der Waals surface area contributed by atoms with Crippen molar-refractivity contribution in [1.29, 1.82) is 0 Å². The van der Waals surface area contributed by atoms with E-state index in [1.54, 1.807) is 4.98 Å². The van der Waals surface area contributed by atoms with Crippen LogP contribution in [0, 0.1) is 16.1 Å². The van der Waals surface area contributed by atoms with Crippen LogP contribution in [0.4, 0.5) is 18.9 Å².